The van der Waals surface area contributed by atoms with Crippen molar-refractivity contribution in [1.29, 1.82) is 0 Å². The minimum absolute atomic E-state index is 0.330. The fraction of sp³-hybridized carbons (Fsp3) is 0.500. The molecular weight excluding hydrogens is 366 g/mol. The summed E-state index contributed by atoms with van der Waals surface area (Å²) in [5.41, 5.74) is 3.90. The van der Waals surface area contributed by atoms with Crippen molar-refractivity contribution in [2.75, 3.05) is 26.7 Å². The van der Waals surface area contributed by atoms with Gasteiger partial charge in [0.05, 0.1) is 19.3 Å². The van der Waals surface area contributed by atoms with Gasteiger partial charge in [-0.2, -0.15) is 0 Å². The minimum Gasteiger partial charge on any atom is -0.497 e. The molecule has 156 valence electrons. The van der Waals surface area contributed by atoms with Gasteiger partial charge in [0.1, 0.15) is 17.1 Å². The SMILES string of the molecule is COc1ccc2c(c1)C(O)CC1(CCN(CC(O)c3ccc(C)c(C)c3)CC1)O2. The zero-order valence-corrected chi connectivity index (χ0v) is 17.5. The van der Waals surface area contributed by atoms with E-state index < -0.39 is 12.2 Å². The molecule has 0 radical (unpaired) electrons. The van der Waals surface area contributed by atoms with Gasteiger partial charge in [0.25, 0.3) is 0 Å². The molecule has 1 spiro atoms. The molecule has 0 aliphatic carbocycles. The Hall–Kier alpha value is -2.08. The number of methoxy groups -OCH3 is 1. The number of β-amino-alcohol motifs (C(OH)–C–C–N with tert-alkyl or cyclic N) is 1. The van der Waals surface area contributed by atoms with Gasteiger partial charge in [0.2, 0.25) is 0 Å². The van der Waals surface area contributed by atoms with Crippen LogP contribution in [0.2, 0.25) is 0 Å². The van der Waals surface area contributed by atoms with Crippen molar-refractivity contribution < 1.29 is 19.7 Å². The summed E-state index contributed by atoms with van der Waals surface area (Å²) in [6.45, 7) is 6.48. The number of fused-ring (bicyclic) bond motifs is 1. The van der Waals surface area contributed by atoms with Crippen molar-refractivity contribution in [2.24, 2.45) is 0 Å². The smallest absolute Gasteiger partial charge is 0.126 e. The quantitative estimate of drug-likeness (QED) is 0.824. The van der Waals surface area contributed by atoms with E-state index in [4.69, 9.17) is 9.47 Å². The number of ether oxygens (including phenoxy) is 2. The number of benzene rings is 2. The average Bonchev–Trinajstić information content (AvgIpc) is 2.71. The van der Waals surface area contributed by atoms with Crippen LogP contribution in [0.15, 0.2) is 36.4 Å². The van der Waals surface area contributed by atoms with Gasteiger partial charge in [-0.05, 0) is 61.6 Å². The number of rotatable bonds is 4. The Morgan fingerprint density at radius 3 is 2.59 bits per heavy atom. The molecule has 2 unspecified atom stereocenters. The molecule has 29 heavy (non-hydrogen) atoms. The third kappa shape index (κ3) is 4.13. The number of hydrogen-bond acceptors (Lipinski definition) is 5. The molecule has 2 N–H and O–H groups in total. The molecule has 2 aliphatic heterocycles. The first-order valence-corrected chi connectivity index (χ1v) is 10.4. The predicted octanol–water partition coefficient (Wildman–Crippen LogP) is 3.70. The molecule has 0 saturated carbocycles. The number of piperidine rings is 1. The van der Waals surface area contributed by atoms with Crippen molar-refractivity contribution in [1.82, 2.24) is 4.90 Å². The Morgan fingerprint density at radius 1 is 1.14 bits per heavy atom. The number of aliphatic hydroxyl groups is 2. The predicted molar refractivity (Wildman–Crippen MR) is 112 cm³/mol. The highest BCUT2D eigenvalue weighted by Crippen LogP contribution is 2.45. The summed E-state index contributed by atoms with van der Waals surface area (Å²) in [5.74, 6) is 1.49. The molecule has 0 aromatic heterocycles. The van der Waals surface area contributed by atoms with Crippen LogP contribution in [0, 0.1) is 13.8 Å². The molecule has 2 aliphatic rings. The van der Waals surface area contributed by atoms with E-state index in [0.29, 0.717) is 13.0 Å². The second kappa shape index (κ2) is 7.98. The summed E-state index contributed by atoms with van der Waals surface area (Å²) in [6.07, 6.45) is 1.25. The van der Waals surface area contributed by atoms with E-state index in [1.807, 2.05) is 24.3 Å². The zero-order valence-electron chi connectivity index (χ0n) is 17.5. The average molecular weight is 398 g/mol. The summed E-state index contributed by atoms with van der Waals surface area (Å²) in [4.78, 5) is 2.30. The van der Waals surface area contributed by atoms with Crippen molar-refractivity contribution >= 4 is 0 Å². The maximum absolute atomic E-state index is 10.7. The van der Waals surface area contributed by atoms with Crippen molar-refractivity contribution in [3.05, 3.63) is 58.7 Å². The van der Waals surface area contributed by atoms with Crippen LogP contribution in [-0.2, 0) is 0 Å². The molecular formula is C24H31NO4. The van der Waals surface area contributed by atoms with Crippen LogP contribution in [0.5, 0.6) is 11.5 Å². The van der Waals surface area contributed by atoms with Gasteiger partial charge in [0, 0.05) is 31.6 Å². The zero-order chi connectivity index (χ0) is 20.6. The largest absolute Gasteiger partial charge is 0.497 e. The Labute approximate surface area is 172 Å². The molecule has 2 atom stereocenters. The fourth-order valence-corrected chi connectivity index (χ4v) is 4.52. The van der Waals surface area contributed by atoms with E-state index in [9.17, 15) is 10.2 Å². The van der Waals surface area contributed by atoms with Crippen LogP contribution in [0.3, 0.4) is 0 Å². The maximum Gasteiger partial charge on any atom is 0.126 e. The molecule has 5 heteroatoms. The summed E-state index contributed by atoms with van der Waals surface area (Å²) in [5, 5.41) is 21.4. The second-order valence-corrected chi connectivity index (χ2v) is 8.57. The Bertz CT molecular complexity index is 873. The molecule has 1 fully saturated rings. The van der Waals surface area contributed by atoms with E-state index >= 15 is 0 Å². The van der Waals surface area contributed by atoms with Gasteiger partial charge in [-0.15, -0.1) is 0 Å². The molecule has 2 aromatic carbocycles. The first-order chi connectivity index (χ1) is 13.9. The molecule has 0 bridgehead atoms. The first kappa shape index (κ1) is 20.2. The monoisotopic (exact) mass is 397 g/mol. The van der Waals surface area contributed by atoms with E-state index in [2.05, 4.69) is 30.9 Å². The number of aliphatic hydroxyl groups excluding tert-OH is 2. The molecule has 1 saturated heterocycles. The van der Waals surface area contributed by atoms with Crippen molar-refractivity contribution in [2.45, 2.75) is 50.9 Å². The second-order valence-electron chi connectivity index (χ2n) is 8.57. The number of aryl methyl sites for hydroxylation is 2. The molecule has 2 heterocycles. The van der Waals surface area contributed by atoms with Crippen LogP contribution in [-0.4, -0.2) is 47.5 Å². The van der Waals surface area contributed by atoms with Gasteiger partial charge in [-0.1, -0.05) is 18.2 Å². The lowest BCUT2D eigenvalue weighted by Gasteiger charge is -2.46. The highest BCUT2D eigenvalue weighted by Gasteiger charge is 2.43. The van der Waals surface area contributed by atoms with E-state index in [0.717, 1.165) is 48.6 Å². The summed E-state index contributed by atoms with van der Waals surface area (Å²) in [6, 6.07) is 11.8. The van der Waals surface area contributed by atoms with Crippen LogP contribution < -0.4 is 9.47 Å². The number of nitrogens with zero attached hydrogens (tertiary/aromatic N) is 1. The molecule has 5 nitrogen and oxygen atoms in total. The highest BCUT2D eigenvalue weighted by atomic mass is 16.5. The van der Waals surface area contributed by atoms with Gasteiger partial charge >= 0.3 is 0 Å². The van der Waals surface area contributed by atoms with Crippen molar-refractivity contribution in [3.8, 4) is 11.5 Å². The number of likely N-dealkylation sites (tertiary alicyclic amines) is 1. The summed E-state index contributed by atoms with van der Waals surface area (Å²) < 4.78 is 11.7. The van der Waals surface area contributed by atoms with Crippen molar-refractivity contribution in [3.63, 3.8) is 0 Å². The highest BCUT2D eigenvalue weighted by molar-refractivity contribution is 5.43. The Balaban J connectivity index is 1.39. The van der Waals surface area contributed by atoms with E-state index in [-0.39, 0.29) is 5.60 Å². The standard InChI is InChI=1S/C24H31NO4/c1-16-4-5-18(12-17(16)2)22(27)15-25-10-8-24(9-11-25)14-21(26)20-13-19(28-3)6-7-23(20)29-24/h4-7,12-13,21-22,26-27H,8-11,14-15H2,1-3H3. The van der Waals surface area contributed by atoms with Gasteiger partial charge in [0.15, 0.2) is 0 Å². The van der Waals surface area contributed by atoms with Gasteiger partial charge in [-0.25, -0.2) is 0 Å². The fourth-order valence-electron chi connectivity index (χ4n) is 4.52. The molecule has 0 amide bonds. The van der Waals surface area contributed by atoms with E-state index in [1.54, 1.807) is 7.11 Å². The summed E-state index contributed by atoms with van der Waals surface area (Å²) in [7, 11) is 1.63. The minimum atomic E-state index is -0.540. The first-order valence-electron chi connectivity index (χ1n) is 10.4. The lowest BCUT2D eigenvalue weighted by atomic mass is 9.81. The Kier molecular flexibility index (Phi) is 5.56. The van der Waals surface area contributed by atoms with Crippen LogP contribution in [0.25, 0.3) is 0 Å². The normalized spacial score (nSPS) is 22.0. The molecule has 2 aromatic rings. The van der Waals surface area contributed by atoms with E-state index in [1.165, 1.54) is 11.1 Å². The maximum atomic E-state index is 10.7. The third-order valence-corrected chi connectivity index (χ3v) is 6.58. The van der Waals surface area contributed by atoms with Crippen LogP contribution in [0.4, 0.5) is 0 Å². The topological polar surface area (TPSA) is 62.2 Å². The lowest BCUT2D eigenvalue weighted by molar-refractivity contribution is -0.0588. The van der Waals surface area contributed by atoms with Gasteiger partial charge in [-0.3, -0.25) is 0 Å². The third-order valence-electron chi connectivity index (χ3n) is 6.58. The van der Waals surface area contributed by atoms with Crippen LogP contribution >= 0.6 is 0 Å². The van der Waals surface area contributed by atoms with Gasteiger partial charge < -0.3 is 24.6 Å². The number of hydrogen-bond donors (Lipinski definition) is 2. The lowest BCUT2D eigenvalue weighted by Crippen LogP contribution is -2.51. The summed E-state index contributed by atoms with van der Waals surface area (Å²) >= 11 is 0. The van der Waals surface area contributed by atoms with Crippen LogP contribution in [0.1, 0.15) is 53.7 Å². The molecule has 4 rings (SSSR count). The Morgan fingerprint density at radius 2 is 1.90 bits per heavy atom.